The van der Waals surface area contributed by atoms with Crippen molar-refractivity contribution in [3.8, 4) is 0 Å². The standard InChI is InChI=1S/C9H15F2NO2/c1-14-8(13)7(12)4-5-9(10,11)6-2-3-6/h6-7H,2-5,12H2,1H3/t7-/m0/s1. The molecule has 1 saturated carbocycles. The maximum absolute atomic E-state index is 13.1. The summed E-state index contributed by atoms with van der Waals surface area (Å²) in [6.07, 6.45) is 0.824. The van der Waals surface area contributed by atoms with Gasteiger partial charge in [0, 0.05) is 12.3 Å². The van der Waals surface area contributed by atoms with Gasteiger partial charge < -0.3 is 10.5 Å². The first-order chi connectivity index (χ1) is 6.47. The SMILES string of the molecule is COC(=O)[C@@H](N)CCC(F)(F)C1CC1. The predicted molar refractivity (Wildman–Crippen MR) is 46.9 cm³/mol. The number of rotatable bonds is 5. The van der Waals surface area contributed by atoms with Crippen molar-refractivity contribution in [3.05, 3.63) is 0 Å². The number of alkyl halides is 2. The number of halogens is 2. The number of ether oxygens (including phenoxy) is 1. The number of methoxy groups -OCH3 is 1. The number of hydrogen-bond donors (Lipinski definition) is 1. The van der Waals surface area contributed by atoms with Gasteiger partial charge in [-0.2, -0.15) is 0 Å². The molecule has 1 atom stereocenters. The number of carbonyl (C=O) groups excluding carboxylic acids is 1. The van der Waals surface area contributed by atoms with Crippen LogP contribution in [0.3, 0.4) is 0 Å². The van der Waals surface area contributed by atoms with Gasteiger partial charge in [0.25, 0.3) is 5.92 Å². The Balaban J connectivity index is 2.28. The van der Waals surface area contributed by atoms with Gasteiger partial charge in [0.15, 0.2) is 0 Å². The first-order valence-corrected chi connectivity index (χ1v) is 4.68. The number of hydrogen-bond acceptors (Lipinski definition) is 3. The highest BCUT2D eigenvalue weighted by atomic mass is 19.3. The van der Waals surface area contributed by atoms with Crippen LogP contribution in [0.2, 0.25) is 0 Å². The number of esters is 1. The van der Waals surface area contributed by atoms with E-state index in [-0.39, 0.29) is 12.8 Å². The summed E-state index contributed by atoms with van der Waals surface area (Å²) in [5.74, 6) is -3.78. The molecule has 0 aliphatic heterocycles. The monoisotopic (exact) mass is 207 g/mol. The summed E-state index contributed by atoms with van der Waals surface area (Å²) in [4.78, 5) is 10.8. The molecule has 1 aliphatic rings. The van der Waals surface area contributed by atoms with Crippen molar-refractivity contribution in [2.45, 2.75) is 37.6 Å². The van der Waals surface area contributed by atoms with Crippen molar-refractivity contribution in [2.75, 3.05) is 7.11 Å². The van der Waals surface area contributed by atoms with Gasteiger partial charge in [0.2, 0.25) is 0 Å². The van der Waals surface area contributed by atoms with Crippen LogP contribution in [0.1, 0.15) is 25.7 Å². The zero-order valence-electron chi connectivity index (χ0n) is 8.13. The largest absolute Gasteiger partial charge is 0.468 e. The van der Waals surface area contributed by atoms with E-state index in [0.29, 0.717) is 12.8 Å². The van der Waals surface area contributed by atoms with Crippen molar-refractivity contribution < 1.29 is 18.3 Å². The molecule has 5 heteroatoms. The Morgan fingerprint density at radius 1 is 1.64 bits per heavy atom. The molecule has 1 aliphatic carbocycles. The molecule has 1 rings (SSSR count). The van der Waals surface area contributed by atoms with E-state index >= 15 is 0 Å². The second-order valence-corrected chi connectivity index (χ2v) is 3.70. The van der Waals surface area contributed by atoms with Gasteiger partial charge in [-0.25, -0.2) is 8.78 Å². The van der Waals surface area contributed by atoms with Crippen LogP contribution in [0.5, 0.6) is 0 Å². The molecule has 0 aromatic rings. The van der Waals surface area contributed by atoms with Crippen LogP contribution in [0.25, 0.3) is 0 Å². The van der Waals surface area contributed by atoms with Crippen molar-refractivity contribution >= 4 is 5.97 Å². The highest BCUT2D eigenvalue weighted by Crippen LogP contribution is 2.45. The van der Waals surface area contributed by atoms with Crippen molar-refractivity contribution in [3.63, 3.8) is 0 Å². The third-order valence-corrected chi connectivity index (χ3v) is 2.47. The van der Waals surface area contributed by atoms with E-state index < -0.39 is 23.9 Å². The Bertz CT molecular complexity index is 217. The fourth-order valence-corrected chi connectivity index (χ4v) is 1.33. The molecule has 1 fully saturated rings. The second-order valence-electron chi connectivity index (χ2n) is 3.70. The molecule has 14 heavy (non-hydrogen) atoms. The van der Waals surface area contributed by atoms with Crippen LogP contribution >= 0.6 is 0 Å². The lowest BCUT2D eigenvalue weighted by Crippen LogP contribution is -2.34. The van der Waals surface area contributed by atoms with E-state index in [2.05, 4.69) is 4.74 Å². The molecule has 3 nitrogen and oxygen atoms in total. The molecular formula is C9H15F2NO2. The minimum atomic E-state index is -2.66. The third kappa shape index (κ3) is 2.90. The fraction of sp³-hybridized carbons (Fsp3) is 0.889. The van der Waals surface area contributed by atoms with Gasteiger partial charge in [0.05, 0.1) is 7.11 Å². The van der Waals surface area contributed by atoms with Crippen molar-refractivity contribution in [1.29, 1.82) is 0 Å². The lowest BCUT2D eigenvalue weighted by Gasteiger charge is -2.17. The van der Waals surface area contributed by atoms with E-state index in [1.165, 1.54) is 7.11 Å². The van der Waals surface area contributed by atoms with E-state index in [1.807, 2.05) is 0 Å². The third-order valence-electron chi connectivity index (χ3n) is 2.47. The normalized spacial score (nSPS) is 19.1. The van der Waals surface area contributed by atoms with E-state index in [1.54, 1.807) is 0 Å². The Hall–Kier alpha value is -0.710. The van der Waals surface area contributed by atoms with E-state index in [9.17, 15) is 13.6 Å². The van der Waals surface area contributed by atoms with E-state index in [4.69, 9.17) is 5.73 Å². The molecule has 2 N–H and O–H groups in total. The Morgan fingerprint density at radius 2 is 2.21 bits per heavy atom. The van der Waals surface area contributed by atoms with Gasteiger partial charge in [-0.1, -0.05) is 0 Å². The zero-order valence-corrected chi connectivity index (χ0v) is 8.13. The highest BCUT2D eigenvalue weighted by Gasteiger charge is 2.46. The molecule has 0 saturated heterocycles. The van der Waals surface area contributed by atoms with Gasteiger partial charge in [-0.05, 0) is 19.3 Å². The summed E-state index contributed by atoms with van der Waals surface area (Å²) in [6, 6.07) is -0.926. The maximum atomic E-state index is 13.1. The predicted octanol–water partition coefficient (Wildman–Crippen LogP) is 1.31. The summed E-state index contributed by atoms with van der Waals surface area (Å²) in [7, 11) is 1.20. The van der Waals surface area contributed by atoms with Gasteiger partial charge >= 0.3 is 5.97 Å². The number of nitrogens with two attached hydrogens (primary N) is 1. The van der Waals surface area contributed by atoms with Crippen molar-refractivity contribution in [2.24, 2.45) is 11.7 Å². The molecule has 0 amide bonds. The highest BCUT2D eigenvalue weighted by molar-refractivity contribution is 5.75. The lowest BCUT2D eigenvalue weighted by atomic mass is 10.0. The molecular weight excluding hydrogens is 192 g/mol. The van der Waals surface area contributed by atoms with Crippen LogP contribution in [0.4, 0.5) is 8.78 Å². The summed E-state index contributed by atoms with van der Waals surface area (Å²) in [6.45, 7) is 0. The molecule has 0 heterocycles. The molecule has 0 radical (unpaired) electrons. The van der Waals surface area contributed by atoms with Gasteiger partial charge in [-0.15, -0.1) is 0 Å². The summed E-state index contributed by atoms with van der Waals surface area (Å²) in [5.41, 5.74) is 5.35. The average molecular weight is 207 g/mol. The van der Waals surface area contributed by atoms with Gasteiger partial charge in [0.1, 0.15) is 6.04 Å². The molecule has 0 unspecified atom stereocenters. The summed E-state index contributed by atoms with van der Waals surface area (Å²) in [5, 5.41) is 0. The Labute approximate surface area is 81.6 Å². The number of carbonyl (C=O) groups is 1. The van der Waals surface area contributed by atoms with Crippen LogP contribution in [-0.4, -0.2) is 25.0 Å². The minimum absolute atomic E-state index is 0.0177. The maximum Gasteiger partial charge on any atom is 0.322 e. The van der Waals surface area contributed by atoms with Gasteiger partial charge in [-0.3, -0.25) is 4.79 Å². The molecule has 0 spiro atoms. The van der Waals surface area contributed by atoms with Crippen molar-refractivity contribution in [1.82, 2.24) is 0 Å². The quantitative estimate of drug-likeness (QED) is 0.691. The first kappa shape index (κ1) is 11.4. The Morgan fingerprint density at radius 3 is 2.64 bits per heavy atom. The summed E-state index contributed by atoms with van der Waals surface area (Å²) < 4.78 is 30.6. The summed E-state index contributed by atoms with van der Waals surface area (Å²) >= 11 is 0. The smallest absolute Gasteiger partial charge is 0.322 e. The lowest BCUT2D eigenvalue weighted by molar-refractivity contribution is -0.142. The zero-order chi connectivity index (χ0) is 10.8. The molecule has 0 bridgehead atoms. The molecule has 0 aromatic carbocycles. The van der Waals surface area contributed by atoms with E-state index in [0.717, 1.165) is 0 Å². The first-order valence-electron chi connectivity index (χ1n) is 4.68. The fourth-order valence-electron chi connectivity index (χ4n) is 1.33. The van der Waals surface area contributed by atoms with Crippen LogP contribution in [-0.2, 0) is 9.53 Å². The topological polar surface area (TPSA) is 52.3 Å². The Kier molecular flexibility index (Phi) is 3.42. The molecule has 82 valence electrons. The van der Waals surface area contributed by atoms with Crippen LogP contribution in [0.15, 0.2) is 0 Å². The molecule has 0 aromatic heterocycles. The average Bonchev–Trinajstić information content (AvgIpc) is 2.96. The van der Waals surface area contributed by atoms with Crippen LogP contribution in [0, 0.1) is 5.92 Å². The minimum Gasteiger partial charge on any atom is -0.468 e. The van der Waals surface area contributed by atoms with Crippen LogP contribution < -0.4 is 5.73 Å². The second kappa shape index (κ2) is 4.21.